The minimum Gasteiger partial charge on any atom is -0.491 e. The zero-order valence-electron chi connectivity index (χ0n) is 10.6. The standard InChI is InChI=1S/C14H17N3O2/c15-17-14-7-6-12(10-16-14)11-18-8-9-19-13-4-2-1-3-5-13/h1-7,10H,8-9,11,15H2,(H,16,17). The molecule has 0 fully saturated rings. The van der Waals surface area contributed by atoms with Gasteiger partial charge in [-0.1, -0.05) is 24.3 Å². The van der Waals surface area contributed by atoms with Gasteiger partial charge in [-0.3, -0.25) is 0 Å². The summed E-state index contributed by atoms with van der Waals surface area (Å²) in [6, 6.07) is 13.4. The number of aromatic nitrogens is 1. The van der Waals surface area contributed by atoms with Crippen LogP contribution >= 0.6 is 0 Å². The number of rotatable bonds is 7. The molecule has 3 N–H and O–H groups in total. The summed E-state index contributed by atoms with van der Waals surface area (Å²) in [7, 11) is 0. The summed E-state index contributed by atoms with van der Waals surface area (Å²) in [6.07, 6.45) is 1.73. The average Bonchev–Trinajstić information content (AvgIpc) is 2.49. The molecule has 5 nitrogen and oxygen atoms in total. The molecule has 0 spiro atoms. The van der Waals surface area contributed by atoms with Crippen LogP contribution in [0.15, 0.2) is 48.7 Å². The Kier molecular flexibility index (Phi) is 5.16. The topological polar surface area (TPSA) is 69.4 Å². The molecule has 0 amide bonds. The van der Waals surface area contributed by atoms with Gasteiger partial charge in [0.1, 0.15) is 18.2 Å². The highest BCUT2D eigenvalue weighted by molar-refractivity contribution is 5.33. The van der Waals surface area contributed by atoms with Crippen LogP contribution in [0.5, 0.6) is 5.75 Å². The predicted molar refractivity (Wildman–Crippen MR) is 73.6 cm³/mol. The molecule has 100 valence electrons. The van der Waals surface area contributed by atoms with Gasteiger partial charge in [-0.25, -0.2) is 10.8 Å². The summed E-state index contributed by atoms with van der Waals surface area (Å²) in [5.41, 5.74) is 3.48. The average molecular weight is 259 g/mol. The van der Waals surface area contributed by atoms with E-state index in [1.165, 1.54) is 0 Å². The zero-order chi connectivity index (χ0) is 13.3. The molecular weight excluding hydrogens is 242 g/mol. The third kappa shape index (κ3) is 4.57. The van der Waals surface area contributed by atoms with Gasteiger partial charge in [0.05, 0.1) is 13.2 Å². The van der Waals surface area contributed by atoms with Crippen molar-refractivity contribution in [3.8, 4) is 5.75 Å². The molecule has 5 heteroatoms. The third-order valence-electron chi connectivity index (χ3n) is 2.48. The van der Waals surface area contributed by atoms with E-state index in [1.54, 1.807) is 12.3 Å². The second kappa shape index (κ2) is 7.35. The highest BCUT2D eigenvalue weighted by atomic mass is 16.5. The minimum absolute atomic E-state index is 0.510. The second-order valence-corrected chi connectivity index (χ2v) is 3.91. The lowest BCUT2D eigenvalue weighted by Crippen LogP contribution is -2.09. The first-order valence-corrected chi connectivity index (χ1v) is 6.05. The number of anilines is 1. The van der Waals surface area contributed by atoms with Crippen LogP contribution in [0, 0.1) is 0 Å². The van der Waals surface area contributed by atoms with Crippen molar-refractivity contribution in [3.63, 3.8) is 0 Å². The number of hydrazine groups is 1. The molecule has 0 radical (unpaired) electrons. The number of pyridine rings is 1. The van der Waals surface area contributed by atoms with Gasteiger partial charge in [0, 0.05) is 6.20 Å². The van der Waals surface area contributed by atoms with E-state index < -0.39 is 0 Å². The summed E-state index contributed by atoms with van der Waals surface area (Å²) in [5, 5.41) is 0. The van der Waals surface area contributed by atoms with Gasteiger partial charge >= 0.3 is 0 Å². The molecule has 2 aromatic rings. The molecule has 0 atom stereocenters. The van der Waals surface area contributed by atoms with Crippen molar-refractivity contribution in [1.29, 1.82) is 0 Å². The minimum atomic E-state index is 0.510. The summed E-state index contributed by atoms with van der Waals surface area (Å²) >= 11 is 0. The van der Waals surface area contributed by atoms with Crippen LogP contribution in [0.25, 0.3) is 0 Å². The molecule has 2 rings (SSSR count). The van der Waals surface area contributed by atoms with E-state index in [-0.39, 0.29) is 0 Å². The van der Waals surface area contributed by atoms with Crippen molar-refractivity contribution in [2.45, 2.75) is 6.61 Å². The Bertz CT molecular complexity index is 474. The Labute approximate surface area is 112 Å². The number of nitrogens with zero attached hydrogens (tertiary/aromatic N) is 1. The van der Waals surface area contributed by atoms with Crippen LogP contribution in [0.3, 0.4) is 0 Å². The molecule has 0 saturated carbocycles. The lowest BCUT2D eigenvalue weighted by Gasteiger charge is -2.07. The van der Waals surface area contributed by atoms with Crippen LogP contribution < -0.4 is 16.0 Å². The Morgan fingerprint density at radius 2 is 1.89 bits per heavy atom. The number of hydrogen-bond donors (Lipinski definition) is 2. The summed E-state index contributed by atoms with van der Waals surface area (Å²) < 4.78 is 11.0. The Balaban J connectivity index is 1.63. The molecule has 0 aliphatic carbocycles. The van der Waals surface area contributed by atoms with Gasteiger partial charge < -0.3 is 14.9 Å². The van der Waals surface area contributed by atoms with Crippen LogP contribution in [-0.2, 0) is 11.3 Å². The fraction of sp³-hybridized carbons (Fsp3) is 0.214. The van der Waals surface area contributed by atoms with Gasteiger partial charge in [0.2, 0.25) is 0 Å². The molecule has 19 heavy (non-hydrogen) atoms. The first-order valence-electron chi connectivity index (χ1n) is 6.05. The van der Waals surface area contributed by atoms with E-state index in [4.69, 9.17) is 15.3 Å². The van der Waals surface area contributed by atoms with Crippen molar-refractivity contribution in [3.05, 3.63) is 54.2 Å². The summed E-state index contributed by atoms with van der Waals surface area (Å²) in [5.74, 6) is 6.72. The third-order valence-corrected chi connectivity index (χ3v) is 2.48. The number of nitrogens with one attached hydrogen (secondary N) is 1. The first kappa shape index (κ1) is 13.3. The van der Waals surface area contributed by atoms with Gasteiger partial charge in [-0.15, -0.1) is 0 Å². The number of para-hydroxylation sites is 1. The van der Waals surface area contributed by atoms with E-state index in [2.05, 4.69) is 10.4 Å². The number of ether oxygens (including phenoxy) is 2. The lowest BCUT2D eigenvalue weighted by atomic mass is 10.3. The number of hydrogen-bond acceptors (Lipinski definition) is 5. The second-order valence-electron chi connectivity index (χ2n) is 3.91. The van der Waals surface area contributed by atoms with E-state index in [9.17, 15) is 0 Å². The molecule has 0 bridgehead atoms. The molecular formula is C14H17N3O2. The maximum Gasteiger partial charge on any atom is 0.139 e. The highest BCUT2D eigenvalue weighted by Crippen LogP contribution is 2.08. The van der Waals surface area contributed by atoms with Crippen molar-refractivity contribution in [2.75, 3.05) is 18.6 Å². The number of nitrogen functional groups attached to an aromatic ring is 1. The van der Waals surface area contributed by atoms with Crippen molar-refractivity contribution in [2.24, 2.45) is 5.84 Å². The van der Waals surface area contributed by atoms with Crippen LogP contribution in [0.2, 0.25) is 0 Å². The predicted octanol–water partition coefficient (Wildman–Crippen LogP) is 1.96. The van der Waals surface area contributed by atoms with Crippen molar-refractivity contribution >= 4 is 5.82 Å². The fourth-order valence-electron chi connectivity index (χ4n) is 1.52. The van der Waals surface area contributed by atoms with Crippen LogP contribution in [0.1, 0.15) is 5.56 Å². The maximum atomic E-state index is 5.51. The fourth-order valence-corrected chi connectivity index (χ4v) is 1.52. The van der Waals surface area contributed by atoms with Crippen molar-refractivity contribution in [1.82, 2.24) is 4.98 Å². The Morgan fingerprint density at radius 1 is 1.05 bits per heavy atom. The quantitative estimate of drug-likeness (QED) is 0.452. The SMILES string of the molecule is NNc1ccc(COCCOc2ccccc2)cn1. The van der Waals surface area contributed by atoms with Crippen LogP contribution in [0.4, 0.5) is 5.82 Å². The lowest BCUT2D eigenvalue weighted by molar-refractivity contribution is 0.0888. The molecule has 1 aromatic carbocycles. The van der Waals surface area contributed by atoms with Gasteiger partial charge in [0.25, 0.3) is 0 Å². The normalized spacial score (nSPS) is 10.2. The van der Waals surface area contributed by atoms with Gasteiger partial charge in [-0.05, 0) is 23.8 Å². The number of benzene rings is 1. The van der Waals surface area contributed by atoms with Crippen LogP contribution in [-0.4, -0.2) is 18.2 Å². The molecule has 0 aliphatic heterocycles. The molecule has 0 unspecified atom stereocenters. The van der Waals surface area contributed by atoms with E-state index in [0.717, 1.165) is 11.3 Å². The molecule has 1 aromatic heterocycles. The highest BCUT2D eigenvalue weighted by Gasteiger charge is 1.96. The molecule has 0 aliphatic rings. The molecule has 1 heterocycles. The monoisotopic (exact) mass is 259 g/mol. The van der Waals surface area contributed by atoms with E-state index in [0.29, 0.717) is 25.6 Å². The summed E-state index contributed by atoms with van der Waals surface area (Å²) in [6.45, 7) is 1.57. The smallest absolute Gasteiger partial charge is 0.139 e. The number of nitrogens with two attached hydrogens (primary N) is 1. The Hall–Kier alpha value is -2.11. The maximum absolute atomic E-state index is 5.51. The van der Waals surface area contributed by atoms with Gasteiger partial charge in [-0.2, -0.15) is 0 Å². The first-order chi connectivity index (χ1) is 9.38. The van der Waals surface area contributed by atoms with E-state index in [1.807, 2.05) is 36.4 Å². The molecule has 0 saturated heterocycles. The van der Waals surface area contributed by atoms with Gasteiger partial charge in [0.15, 0.2) is 0 Å². The van der Waals surface area contributed by atoms with E-state index >= 15 is 0 Å². The Morgan fingerprint density at radius 3 is 2.58 bits per heavy atom. The summed E-state index contributed by atoms with van der Waals surface area (Å²) in [4.78, 5) is 4.10. The van der Waals surface area contributed by atoms with Crippen molar-refractivity contribution < 1.29 is 9.47 Å². The largest absolute Gasteiger partial charge is 0.491 e. The zero-order valence-corrected chi connectivity index (χ0v) is 10.6.